The first-order valence-corrected chi connectivity index (χ1v) is 10.6. The molecule has 0 saturated heterocycles. The first-order valence-electron chi connectivity index (χ1n) is 10.6. The molecule has 5 N–H and O–H groups in total. The predicted molar refractivity (Wildman–Crippen MR) is 126 cm³/mol. The Labute approximate surface area is 189 Å². The fourth-order valence-electron chi connectivity index (χ4n) is 3.76. The van der Waals surface area contributed by atoms with Gasteiger partial charge in [-0.05, 0) is 68.3 Å². The molecule has 33 heavy (non-hydrogen) atoms. The number of benzene rings is 2. The maximum atomic E-state index is 13.4. The molecular weight excluding hydrogens is 418 g/mol. The average molecular weight is 441 g/mol. The zero-order valence-corrected chi connectivity index (χ0v) is 18.0. The summed E-state index contributed by atoms with van der Waals surface area (Å²) in [5.41, 5.74) is 15.3. The highest BCUT2D eigenvalue weighted by Crippen LogP contribution is 2.26. The van der Waals surface area contributed by atoms with E-state index in [2.05, 4.69) is 15.4 Å². The van der Waals surface area contributed by atoms with Crippen molar-refractivity contribution in [3.63, 3.8) is 0 Å². The maximum Gasteiger partial charge on any atom is 0.286 e. The Bertz CT molecular complexity index is 1420. The van der Waals surface area contributed by atoms with Crippen molar-refractivity contribution in [2.75, 3.05) is 11.5 Å². The van der Waals surface area contributed by atoms with Crippen LogP contribution in [0.2, 0.25) is 0 Å². The quantitative estimate of drug-likeness (QED) is 0.407. The van der Waals surface area contributed by atoms with Gasteiger partial charge in [-0.25, -0.2) is 9.67 Å². The van der Waals surface area contributed by atoms with Crippen LogP contribution in [0.25, 0.3) is 22.8 Å². The molecule has 0 bridgehead atoms. The van der Waals surface area contributed by atoms with Crippen molar-refractivity contribution >= 4 is 17.3 Å². The van der Waals surface area contributed by atoms with E-state index in [-0.39, 0.29) is 11.7 Å². The van der Waals surface area contributed by atoms with Gasteiger partial charge in [0.05, 0.1) is 29.0 Å². The largest absolute Gasteiger partial charge is 0.399 e. The van der Waals surface area contributed by atoms with Crippen LogP contribution in [0.1, 0.15) is 29.0 Å². The molecule has 1 aliphatic carbocycles. The van der Waals surface area contributed by atoms with Gasteiger partial charge in [-0.3, -0.25) is 14.2 Å². The smallest absolute Gasteiger partial charge is 0.286 e. The van der Waals surface area contributed by atoms with E-state index in [0.717, 1.165) is 18.5 Å². The second-order valence-corrected chi connectivity index (χ2v) is 8.10. The lowest BCUT2D eigenvalue weighted by atomic mass is 10.2. The highest BCUT2D eigenvalue weighted by atomic mass is 16.2. The molecule has 2 heterocycles. The minimum atomic E-state index is -0.501. The molecule has 1 fully saturated rings. The van der Waals surface area contributed by atoms with E-state index in [9.17, 15) is 9.59 Å². The fourth-order valence-corrected chi connectivity index (χ4v) is 3.76. The average Bonchev–Trinajstić information content (AvgIpc) is 3.47. The third-order valence-electron chi connectivity index (χ3n) is 5.59. The van der Waals surface area contributed by atoms with Crippen LogP contribution < -0.4 is 22.3 Å². The standard InChI is InChI=1S/C24H23N7O2/c1-14-21(20-11-12-27-31(20)18-9-5-15(25)6-10-18)29-22(23(32)28-17-7-8-17)24(33)30(14)19-4-2-3-16(26)13-19/h2-6,9-13,17H,7-8,25-26H2,1H3,(H,28,32). The van der Waals surface area contributed by atoms with E-state index >= 15 is 0 Å². The molecule has 0 radical (unpaired) electrons. The van der Waals surface area contributed by atoms with Crippen LogP contribution in [0.3, 0.4) is 0 Å². The van der Waals surface area contributed by atoms with Crippen LogP contribution in [0, 0.1) is 6.92 Å². The van der Waals surface area contributed by atoms with Gasteiger partial charge >= 0.3 is 0 Å². The Balaban J connectivity index is 1.74. The fraction of sp³-hybridized carbons (Fsp3) is 0.167. The van der Waals surface area contributed by atoms with Crippen LogP contribution in [0.4, 0.5) is 11.4 Å². The number of amides is 1. The van der Waals surface area contributed by atoms with E-state index in [1.54, 1.807) is 60.3 Å². The molecule has 4 aromatic rings. The van der Waals surface area contributed by atoms with Gasteiger partial charge in [0.25, 0.3) is 11.5 Å². The van der Waals surface area contributed by atoms with Crippen LogP contribution >= 0.6 is 0 Å². The lowest BCUT2D eigenvalue weighted by molar-refractivity contribution is 0.0944. The third kappa shape index (κ3) is 3.84. The molecule has 1 aliphatic rings. The minimum Gasteiger partial charge on any atom is -0.399 e. The number of carbonyl (C=O) groups is 1. The third-order valence-corrected chi connectivity index (χ3v) is 5.59. The SMILES string of the molecule is Cc1c(-c2ccnn2-c2ccc(N)cc2)nc(C(=O)NC2CC2)c(=O)n1-c1cccc(N)c1. The van der Waals surface area contributed by atoms with Crippen molar-refractivity contribution in [2.24, 2.45) is 0 Å². The van der Waals surface area contributed by atoms with E-state index in [1.807, 2.05) is 12.1 Å². The molecule has 2 aromatic carbocycles. The molecule has 1 saturated carbocycles. The van der Waals surface area contributed by atoms with Gasteiger partial charge in [0.15, 0.2) is 5.69 Å². The lowest BCUT2D eigenvalue weighted by Crippen LogP contribution is -2.36. The van der Waals surface area contributed by atoms with Gasteiger partial charge in [0.1, 0.15) is 5.69 Å². The number of carbonyl (C=O) groups excluding carboxylic acids is 1. The van der Waals surface area contributed by atoms with Gasteiger partial charge in [0.2, 0.25) is 0 Å². The zero-order valence-electron chi connectivity index (χ0n) is 18.0. The van der Waals surface area contributed by atoms with Crippen molar-refractivity contribution in [2.45, 2.75) is 25.8 Å². The Hall–Kier alpha value is -4.40. The van der Waals surface area contributed by atoms with Crippen LogP contribution in [0.15, 0.2) is 65.6 Å². The summed E-state index contributed by atoms with van der Waals surface area (Å²) in [5.74, 6) is -0.486. The second-order valence-electron chi connectivity index (χ2n) is 8.10. The summed E-state index contributed by atoms with van der Waals surface area (Å²) in [6.07, 6.45) is 3.45. The number of aromatic nitrogens is 4. The molecule has 166 valence electrons. The number of hydrogen-bond donors (Lipinski definition) is 3. The number of nitrogens with one attached hydrogen (secondary N) is 1. The molecule has 0 unspecified atom stereocenters. The Morgan fingerprint density at radius 1 is 1.03 bits per heavy atom. The Morgan fingerprint density at radius 3 is 2.48 bits per heavy atom. The van der Waals surface area contributed by atoms with Crippen molar-refractivity contribution < 1.29 is 4.79 Å². The zero-order chi connectivity index (χ0) is 23.1. The normalized spacial score (nSPS) is 13.1. The Kier molecular flexibility index (Phi) is 4.93. The molecule has 1 amide bonds. The first-order chi connectivity index (χ1) is 15.9. The van der Waals surface area contributed by atoms with Gasteiger partial charge in [0, 0.05) is 17.4 Å². The van der Waals surface area contributed by atoms with E-state index in [4.69, 9.17) is 11.5 Å². The van der Waals surface area contributed by atoms with Gasteiger partial charge in [-0.15, -0.1) is 0 Å². The summed E-state index contributed by atoms with van der Waals surface area (Å²) in [6, 6.07) is 16.1. The molecule has 5 rings (SSSR count). The topological polar surface area (TPSA) is 134 Å². The van der Waals surface area contributed by atoms with Gasteiger partial charge in [-0.1, -0.05) is 6.07 Å². The van der Waals surface area contributed by atoms with E-state index in [1.165, 1.54) is 4.57 Å². The summed E-state index contributed by atoms with van der Waals surface area (Å²) in [4.78, 5) is 30.9. The molecule has 0 spiro atoms. The molecule has 0 atom stereocenters. The van der Waals surface area contributed by atoms with Crippen molar-refractivity contribution in [1.82, 2.24) is 24.6 Å². The number of hydrogen-bond acceptors (Lipinski definition) is 6. The van der Waals surface area contributed by atoms with Crippen LogP contribution in [-0.4, -0.2) is 31.3 Å². The monoisotopic (exact) mass is 441 g/mol. The van der Waals surface area contributed by atoms with Crippen molar-refractivity contribution in [1.29, 1.82) is 0 Å². The van der Waals surface area contributed by atoms with Crippen molar-refractivity contribution in [3.05, 3.63) is 82.5 Å². The molecule has 0 aliphatic heterocycles. The minimum absolute atomic E-state index is 0.0876. The summed E-state index contributed by atoms with van der Waals surface area (Å²) in [5, 5.41) is 7.30. The number of anilines is 2. The summed E-state index contributed by atoms with van der Waals surface area (Å²) < 4.78 is 3.17. The molecular formula is C24H23N7O2. The molecule has 2 aromatic heterocycles. The number of nitrogen functional groups attached to an aromatic ring is 2. The van der Waals surface area contributed by atoms with Gasteiger partial charge < -0.3 is 16.8 Å². The van der Waals surface area contributed by atoms with Crippen molar-refractivity contribution in [3.8, 4) is 22.8 Å². The number of rotatable bonds is 5. The highest BCUT2D eigenvalue weighted by Gasteiger charge is 2.28. The first kappa shape index (κ1) is 20.5. The van der Waals surface area contributed by atoms with E-state index < -0.39 is 11.5 Å². The molecule has 9 heteroatoms. The summed E-state index contributed by atoms with van der Waals surface area (Å²) >= 11 is 0. The van der Waals surface area contributed by atoms with Crippen LogP contribution in [-0.2, 0) is 0 Å². The number of nitrogens with zero attached hydrogens (tertiary/aromatic N) is 4. The summed E-state index contributed by atoms with van der Waals surface area (Å²) in [6.45, 7) is 1.79. The van der Waals surface area contributed by atoms with Gasteiger partial charge in [-0.2, -0.15) is 5.10 Å². The number of nitrogens with two attached hydrogens (primary N) is 2. The second kappa shape index (κ2) is 7.94. The predicted octanol–water partition coefficient (Wildman–Crippen LogP) is 2.45. The highest BCUT2D eigenvalue weighted by molar-refractivity contribution is 5.93. The lowest BCUT2D eigenvalue weighted by Gasteiger charge is -2.17. The maximum absolute atomic E-state index is 13.4. The molecule has 9 nitrogen and oxygen atoms in total. The van der Waals surface area contributed by atoms with Crippen LogP contribution in [0.5, 0.6) is 0 Å². The summed E-state index contributed by atoms with van der Waals surface area (Å²) in [7, 11) is 0. The van der Waals surface area contributed by atoms with E-state index in [0.29, 0.717) is 34.1 Å². The Morgan fingerprint density at radius 2 is 1.79 bits per heavy atom.